The molecule has 0 aromatic carbocycles. The highest BCUT2D eigenvalue weighted by Crippen LogP contribution is 2.25. The van der Waals surface area contributed by atoms with Crippen molar-refractivity contribution in [2.45, 2.75) is 45.7 Å². The Bertz CT molecular complexity index is 634. The molecule has 2 aromatic heterocycles. The largest absolute Gasteiger partial charge is 0.338 e. The molecule has 3 heterocycles. The third kappa shape index (κ3) is 3.65. The SMILES string of the molecule is CC(C)c1noc([C@H](C)N2CCN([C@@H](C)c3cccnc3)CC2)n1. The summed E-state index contributed by atoms with van der Waals surface area (Å²) >= 11 is 0. The molecular formula is C18H27N5O. The van der Waals surface area contributed by atoms with Crippen molar-refractivity contribution in [1.29, 1.82) is 0 Å². The van der Waals surface area contributed by atoms with Crippen LogP contribution in [0.25, 0.3) is 0 Å². The van der Waals surface area contributed by atoms with Gasteiger partial charge in [0.1, 0.15) is 0 Å². The summed E-state index contributed by atoms with van der Waals surface area (Å²) in [5, 5.41) is 4.08. The van der Waals surface area contributed by atoms with Crippen molar-refractivity contribution >= 4 is 0 Å². The van der Waals surface area contributed by atoms with E-state index in [2.05, 4.69) is 58.7 Å². The van der Waals surface area contributed by atoms with Crippen LogP contribution in [0.5, 0.6) is 0 Å². The van der Waals surface area contributed by atoms with Gasteiger partial charge in [-0.15, -0.1) is 0 Å². The lowest BCUT2D eigenvalue weighted by molar-refractivity contribution is 0.0677. The van der Waals surface area contributed by atoms with E-state index in [1.807, 2.05) is 18.5 Å². The minimum absolute atomic E-state index is 0.167. The first-order valence-electron chi connectivity index (χ1n) is 8.77. The van der Waals surface area contributed by atoms with Crippen molar-refractivity contribution in [2.24, 2.45) is 0 Å². The molecule has 0 amide bonds. The predicted molar refractivity (Wildman–Crippen MR) is 92.6 cm³/mol. The molecule has 1 saturated heterocycles. The Morgan fingerprint density at radius 2 is 1.67 bits per heavy atom. The lowest BCUT2D eigenvalue weighted by Crippen LogP contribution is -2.47. The second-order valence-electron chi connectivity index (χ2n) is 6.86. The van der Waals surface area contributed by atoms with Gasteiger partial charge >= 0.3 is 0 Å². The standard InChI is InChI=1S/C18H27N5O/c1-13(2)17-20-18(24-21-17)15(4)23-10-8-22(9-11-23)14(3)16-6-5-7-19-12-16/h5-7,12-15H,8-11H2,1-4H3/t14-,15-/m0/s1. The fraction of sp³-hybridized carbons (Fsp3) is 0.611. The van der Waals surface area contributed by atoms with Crippen LogP contribution >= 0.6 is 0 Å². The number of piperazine rings is 1. The van der Waals surface area contributed by atoms with Crippen LogP contribution in [0.2, 0.25) is 0 Å². The van der Waals surface area contributed by atoms with Gasteiger partial charge < -0.3 is 4.52 Å². The number of rotatable bonds is 5. The maximum atomic E-state index is 5.46. The van der Waals surface area contributed by atoms with E-state index >= 15 is 0 Å². The molecule has 0 unspecified atom stereocenters. The first kappa shape index (κ1) is 17.0. The molecule has 0 N–H and O–H groups in total. The fourth-order valence-electron chi connectivity index (χ4n) is 3.15. The summed E-state index contributed by atoms with van der Waals surface area (Å²) in [5.74, 6) is 1.82. The van der Waals surface area contributed by atoms with Crippen molar-refractivity contribution in [3.05, 3.63) is 41.8 Å². The average Bonchev–Trinajstić information content (AvgIpc) is 3.12. The molecule has 0 aliphatic carbocycles. The number of nitrogens with zero attached hydrogens (tertiary/aromatic N) is 5. The summed E-state index contributed by atoms with van der Waals surface area (Å²) in [6.45, 7) is 12.6. The average molecular weight is 329 g/mol. The molecule has 6 nitrogen and oxygen atoms in total. The Labute approximate surface area is 143 Å². The molecule has 3 rings (SSSR count). The zero-order chi connectivity index (χ0) is 17.1. The molecular weight excluding hydrogens is 302 g/mol. The minimum Gasteiger partial charge on any atom is -0.338 e. The number of aromatic nitrogens is 3. The third-order valence-corrected chi connectivity index (χ3v) is 4.94. The fourth-order valence-corrected chi connectivity index (χ4v) is 3.15. The molecule has 0 saturated carbocycles. The summed E-state index contributed by atoms with van der Waals surface area (Å²) in [4.78, 5) is 13.7. The van der Waals surface area contributed by atoms with E-state index in [9.17, 15) is 0 Å². The molecule has 130 valence electrons. The van der Waals surface area contributed by atoms with Crippen LogP contribution in [0.3, 0.4) is 0 Å². The quantitative estimate of drug-likeness (QED) is 0.840. The Hall–Kier alpha value is -1.79. The van der Waals surface area contributed by atoms with E-state index in [4.69, 9.17) is 4.52 Å². The lowest BCUT2D eigenvalue weighted by atomic mass is 10.1. The molecule has 0 bridgehead atoms. The normalized spacial score (nSPS) is 19.5. The predicted octanol–water partition coefficient (Wildman–Crippen LogP) is 3.03. The second-order valence-corrected chi connectivity index (χ2v) is 6.86. The summed E-state index contributed by atoms with van der Waals surface area (Å²) in [6, 6.07) is 4.72. The molecule has 1 aliphatic rings. The third-order valence-electron chi connectivity index (χ3n) is 4.94. The van der Waals surface area contributed by atoms with Gasteiger partial charge in [-0.3, -0.25) is 14.8 Å². The smallest absolute Gasteiger partial charge is 0.243 e. The Morgan fingerprint density at radius 3 is 2.21 bits per heavy atom. The molecule has 0 radical (unpaired) electrons. The van der Waals surface area contributed by atoms with Gasteiger partial charge in [0.25, 0.3) is 0 Å². The molecule has 2 aromatic rings. The van der Waals surface area contributed by atoms with Gasteiger partial charge in [0.05, 0.1) is 6.04 Å². The van der Waals surface area contributed by atoms with Crippen LogP contribution in [0.4, 0.5) is 0 Å². The van der Waals surface area contributed by atoms with E-state index in [0.29, 0.717) is 12.0 Å². The monoisotopic (exact) mass is 329 g/mol. The maximum absolute atomic E-state index is 5.46. The molecule has 6 heteroatoms. The van der Waals surface area contributed by atoms with Gasteiger partial charge in [-0.1, -0.05) is 25.1 Å². The summed E-state index contributed by atoms with van der Waals surface area (Å²) in [5.41, 5.74) is 1.28. The van der Waals surface area contributed by atoms with Crippen molar-refractivity contribution < 1.29 is 4.52 Å². The zero-order valence-corrected chi connectivity index (χ0v) is 15.0. The van der Waals surface area contributed by atoms with Gasteiger partial charge in [-0.2, -0.15) is 4.98 Å². The Balaban J connectivity index is 1.58. The van der Waals surface area contributed by atoms with Crippen LogP contribution in [0.1, 0.15) is 63.0 Å². The molecule has 2 atom stereocenters. The summed E-state index contributed by atoms with van der Waals surface area (Å²) in [7, 11) is 0. The van der Waals surface area contributed by atoms with Gasteiger partial charge in [-0.05, 0) is 25.5 Å². The van der Waals surface area contributed by atoms with Crippen molar-refractivity contribution in [3.63, 3.8) is 0 Å². The Kier molecular flexibility index (Phi) is 5.26. The number of hydrogen-bond donors (Lipinski definition) is 0. The number of pyridine rings is 1. The van der Waals surface area contributed by atoms with Gasteiger partial charge in [-0.25, -0.2) is 0 Å². The van der Waals surface area contributed by atoms with Gasteiger partial charge in [0, 0.05) is 50.5 Å². The summed E-state index contributed by atoms with van der Waals surface area (Å²) in [6.07, 6.45) is 3.79. The Morgan fingerprint density at radius 1 is 1.00 bits per heavy atom. The van der Waals surface area contributed by atoms with E-state index in [-0.39, 0.29) is 6.04 Å². The van der Waals surface area contributed by atoms with E-state index in [0.717, 1.165) is 37.9 Å². The van der Waals surface area contributed by atoms with Gasteiger partial charge in [0.2, 0.25) is 5.89 Å². The molecule has 24 heavy (non-hydrogen) atoms. The second kappa shape index (κ2) is 7.40. The van der Waals surface area contributed by atoms with Crippen LogP contribution in [0, 0.1) is 0 Å². The molecule has 1 fully saturated rings. The maximum Gasteiger partial charge on any atom is 0.243 e. The molecule has 1 aliphatic heterocycles. The molecule has 0 spiro atoms. The van der Waals surface area contributed by atoms with Crippen molar-refractivity contribution in [1.82, 2.24) is 24.9 Å². The highest BCUT2D eigenvalue weighted by Gasteiger charge is 2.28. The lowest BCUT2D eigenvalue weighted by Gasteiger charge is -2.39. The zero-order valence-electron chi connectivity index (χ0n) is 15.0. The number of hydrogen-bond acceptors (Lipinski definition) is 6. The van der Waals surface area contributed by atoms with Crippen LogP contribution < -0.4 is 0 Å². The minimum atomic E-state index is 0.167. The van der Waals surface area contributed by atoms with Crippen LogP contribution in [0.15, 0.2) is 29.0 Å². The van der Waals surface area contributed by atoms with Crippen molar-refractivity contribution in [2.75, 3.05) is 26.2 Å². The van der Waals surface area contributed by atoms with Crippen LogP contribution in [-0.4, -0.2) is 51.1 Å². The van der Waals surface area contributed by atoms with Crippen molar-refractivity contribution in [3.8, 4) is 0 Å². The van der Waals surface area contributed by atoms with Crippen LogP contribution in [-0.2, 0) is 0 Å². The van der Waals surface area contributed by atoms with Gasteiger partial charge in [0.15, 0.2) is 5.82 Å². The van der Waals surface area contributed by atoms with E-state index < -0.39 is 0 Å². The van der Waals surface area contributed by atoms with E-state index in [1.54, 1.807) is 0 Å². The topological polar surface area (TPSA) is 58.3 Å². The first-order valence-corrected chi connectivity index (χ1v) is 8.77. The summed E-state index contributed by atoms with van der Waals surface area (Å²) < 4.78 is 5.46. The first-order chi connectivity index (χ1) is 11.6. The highest BCUT2D eigenvalue weighted by atomic mass is 16.5. The highest BCUT2D eigenvalue weighted by molar-refractivity contribution is 5.13. The van der Waals surface area contributed by atoms with E-state index in [1.165, 1.54) is 5.56 Å².